The first-order chi connectivity index (χ1) is 6.83. The summed E-state index contributed by atoms with van der Waals surface area (Å²) < 4.78 is 5.46. The van der Waals surface area contributed by atoms with Crippen molar-refractivity contribution in [2.75, 3.05) is 6.61 Å². The van der Waals surface area contributed by atoms with Crippen LogP contribution in [0.1, 0.15) is 25.3 Å². The summed E-state index contributed by atoms with van der Waals surface area (Å²) >= 11 is 0. The second-order valence-electron chi connectivity index (χ2n) is 3.45. The average Bonchev–Trinajstić information content (AvgIpc) is 2.20. The SMILES string of the molecule is CCCCOC(N)Cc1ccccc1. The number of unbranched alkanes of at least 4 members (excludes halogenated alkanes) is 1. The molecule has 2 N–H and O–H groups in total. The molecule has 0 saturated carbocycles. The normalized spacial score (nSPS) is 12.7. The largest absolute Gasteiger partial charge is 0.363 e. The molecule has 1 aromatic carbocycles. The summed E-state index contributed by atoms with van der Waals surface area (Å²) in [5.74, 6) is 0. The quantitative estimate of drug-likeness (QED) is 0.556. The summed E-state index contributed by atoms with van der Waals surface area (Å²) in [6, 6.07) is 10.2. The van der Waals surface area contributed by atoms with Gasteiger partial charge in [-0.3, -0.25) is 0 Å². The number of hydrogen-bond donors (Lipinski definition) is 1. The van der Waals surface area contributed by atoms with Crippen molar-refractivity contribution in [3.63, 3.8) is 0 Å². The van der Waals surface area contributed by atoms with Gasteiger partial charge in [-0.2, -0.15) is 0 Å². The molecule has 0 spiro atoms. The van der Waals surface area contributed by atoms with Gasteiger partial charge in [0.25, 0.3) is 0 Å². The number of rotatable bonds is 6. The first-order valence-electron chi connectivity index (χ1n) is 5.24. The number of nitrogens with two attached hydrogens (primary N) is 1. The van der Waals surface area contributed by atoms with E-state index in [9.17, 15) is 0 Å². The summed E-state index contributed by atoms with van der Waals surface area (Å²) in [5.41, 5.74) is 7.06. The Morgan fingerprint density at radius 2 is 2.00 bits per heavy atom. The molecular formula is C12H19NO. The fourth-order valence-corrected chi connectivity index (χ4v) is 1.28. The lowest BCUT2D eigenvalue weighted by Crippen LogP contribution is -2.26. The molecule has 0 aliphatic rings. The fraction of sp³-hybridized carbons (Fsp3) is 0.500. The molecular weight excluding hydrogens is 174 g/mol. The van der Waals surface area contributed by atoms with Crippen molar-refractivity contribution in [2.45, 2.75) is 32.4 Å². The van der Waals surface area contributed by atoms with Crippen LogP contribution in [0.2, 0.25) is 0 Å². The maximum Gasteiger partial charge on any atom is 0.109 e. The van der Waals surface area contributed by atoms with Crippen molar-refractivity contribution in [2.24, 2.45) is 5.73 Å². The minimum Gasteiger partial charge on any atom is -0.363 e. The Kier molecular flexibility index (Phi) is 5.27. The van der Waals surface area contributed by atoms with Gasteiger partial charge in [0.15, 0.2) is 0 Å². The molecule has 1 atom stereocenters. The third-order valence-electron chi connectivity index (χ3n) is 2.11. The van der Waals surface area contributed by atoms with Gasteiger partial charge in [0, 0.05) is 13.0 Å². The molecule has 0 bridgehead atoms. The molecule has 78 valence electrons. The van der Waals surface area contributed by atoms with Crippen LogP contribution in [0.25, 0.3) is 0 Å². The second-order valence-corrected chi connectivity index (χ2v) is 3.45. The van der Waals surface area contributed by atoms with E-state index in [4.69, 9.17) is 10.5 Å². The molecule has 0 aliphatic heterocycles. The fourth-order valence-electron chi connectivity index (χ4n) is 1.28. The van der Waals surface area contributed by atoms with Gasteiger partial charge in [0.2, 0.25) is 0 Å². The van der Waals surface area contributed by atoms with E-state index in [1.54, 1.807) is 0 Å². The van der Waals surface area contributed by atoms with Gasteiger partial charge >= 0.3 is 0 Å². The summed E-state index contributed by atoms with van der Waals surface area (Å²) in [6.45, 7) is 2.91. The van der Waals surface area contributed by atoms with E-state index in [2.05, 4.69) is 19.1 Å². The zero-order valence-electron chi connectivity index (χ0n) is 8.78. The van der Waals surface area contributed by atoms with Crippen LogP contribution in [0.4, 0.5) is 0 Å². The molecule has 0 radical (unpaired) electrons. The zero-order chi connectivity index (χ0) is 10.2. The second kappa shape index (κ2) is 6.57. The average molecular weight is 193 g/mol. The van der Waals surface area contributed by atoms with Crippen molar-refractivity contribution < 1.29 is 4.74 Å². The standard InChI is InChI=1S/C12H19NO/c1-2-3-9-14-12(13)10-11-7-5-4-6-8-11/h4-8,12H,2-3,9-10,13H2,1H3. The van der Waals surface area contributed by atoms with Crippen LogP contribution in [-0.2, 0) is 11.2 Å². The Hall–Kier alpha value is -0.860. The van der Waals surface area contributed by atoms with Crippen LogP contribution >= 0.6 is 0 Å². The van der Waals surface area contributed by atoms with Gasteiger partial charge in [0.1, 0.15) is 6.23 Å². The van der Waals surface area contributed by atoms with E-state index >= 15 is 0 Å². The van der Waals surface area contributed by atoms with E-state index in [1.807, 2.05) is 18.2 Å². The van der Waals surface area contributed by atoms with E-state index < -0.39 is 0 Å². The predicted molar refractivity (Wildman–Crippen MR) is 59.0 cm³/mol. The molecule has 0 amide bonds. The number of ether oxygens (including phenoxy) is 1. The summed E-state index contributed by atoms with van der Waals surface area (Å²) in [4.78, 5) is 0. The topological polar surface area (TPSA) is 35.2 Å². The summed E-state index contributed by atoms with van der Waals surface area (Å²) in [5, 5.41) is 0. The Bertz CT molecular complexity index is 235. The molecule has 0 saturated heterocycles. The van der Waals surface area contributed by atoms with Gasteiger partial charge in [-0.1, -0.05) is 43.7 Å². The van der Waals surface area contributed by atoms with Crippen molar-refractivity contribution in [3.05, 3.63) is 35.9 Å². The smallest absolute Gasteiger partial charge is 0.109 e. The van der Waals surface area contributed by atoms with Crippen LogP contribution < -0.4 is 5.73 Å². The third kappa shape index (κ3) is 4.40. The van der Waals surface area contributed by atoms with Gasteiger partial charge in [-0.05, 0) is 12.0 Å². The number of hydrogen-bond acceptors (Lipinski definition) is 2. The number of benzene rings is 1. The van der Waals surface area contributed by atoms with Gasteiger partial charge < -0.3 is 10.5 Å². The highest BCUT2D eigenvalue weighted by Crippen LogP contribution is 2.03. The molecule has 1 unspecified atom stereocenters. The van der Waals surface area contributed by atoms with Crippen molar-refractivity contribution in [1.82, 2.24) is 0 Å². The molecule has 2 nitrogen and oxygen atoms in total. The van der Waals surface area contributed by atoms with Crippen LogP contribution in [0.3, 0.4) is 0 Å². The van der Waals surface area contributed by atoms with Crippen LogP contribution in [-0.4, -0.2) is 12.8 Å². The van der Waals surface area contributed by atoms with Crippen LogP contribution in [0.5, 0.6) is 0 Å². The predicted octanol–water partition coefficient (Wildman–Crippen LogP) is 2.33. The molecule has 1 aromatic rings. The maximum absolute atomic E-state index is 5.82. The van der Waals surface area contributed by atoms with E-state index in [0.29, 0.717) is 0 Å². The first-order valence-corrected chi connectivity index (χ1v) is 5.24. The molecule has 2 heteroatoms. The van der Waals surface area contributed by atoms with Crippen LogP contribution in [0, 0.1) is 0 Å². The summed E-state index contributed by atoms with van der Waals surface area (Å²) in [7, 11) is 0. The Morgan fingerprint density at radius 1 is 1.29 bits per heavy atom. The zero-order valence-corrected chi connectivity index (χ0v) is 8.78. The van der Waals surface area contributed by atoms with Gasteiger partial charge in [-0.25, -0.2) is 0 Å². The van der Waals surface area contributed by atoms with Crippen LogP contribution in [0.15, 0.2) is 30.3 Å². The molecule has 0 fully saturated rings. The monoisotopic (exact) mass is 193 g/mol. The van der Waals surface area contributed by atoms with Gasteiger partial charge in [0.05, 0.1) is 0 Å². The Balaban J connectivity index is 2.23. The molecule has 0 aromatic heterocycles. The molecule has 1 rings (SSSR count). The Labute approximate surface area is 86.1 Å². The summed E-state index contributed by atoms with van der Waals surface area (Å²) in [6.07, 6.45) is 2.87. The minimum atomic E-state index is -0.163. The lowest BCUT2D eigenvalue weighted by atomic mass is 10.1. The third-order valence-corrected chi connectivity index (χ3v) is 2.11. The molecule has 0 aliphatic carbocycles. The van der Waals surface area contributed by atoms with Gasteiger partial charge in [-0.15, -0.1) is 0 Å². The highest BCUT2D eigenvalue weighted by Gasteiger charge is 2.02. The maximum atomic E-state index is 5.82. The van der Waals surface area contributed by atoms with E-state index in [0.717, 1.165) is 25.9 Å². The lowest BCUT2D eigenvalue weighted by Gasteiger charge is -2.12. The van der Waals surface area contributed by atoms with Crippen molar-refractivity contribution in [1.29, 1.82) is 0 Å². The van der Waals surface area contributed by atoms with E-state index in [1.165, 1.54) is 5.56 Å². The Morgan fingerprint density at radius 3 is 2.64 bits per heavy atom. The van der Waals surface area contributed by atoms with E-state index in [-0.39, 0.29) is 6.23 Å². The molecule has 0 heterocycles. The minimum absolute atomic E-state index is 0.163. The highest BCUT2D eigenvalue weighted by atomic mass is 16.5. The highest BCUT2D eigenvalue weighted by molar-refractivity contribution is 5.15. The van der Waals surface area contributed by atoms with Crippen molar-refractivity contribution in [3.8, 4) is 0 Å². The lowest BCUT2D eigenvalue weighted by molar-refractivity contribution is 0.0562. The van der Waals surface area contributed by atoms with Crippen molar-refractivity contribution >= 4 is 0 Å². The molecule has 14 heavy (non-hydrogen) atoms. The first kappa shape index (κ1) is 11.2.